The number of pyridine rings is 2. The summed E-state index contributed by atoms with van der Waals surface area (Å²) in [6.07, 6.45) is 5.26. The lowest BCUT2D eigenvalue weighted by Gasteiger charge is -2.18. The first kappa shape index (κ1) is 14.9. The number of nitrogens with one attached hydrogen (secondary N) is 1. The largest absolute Gasteiger partial charge is 0.489 e. The fourth-order valence-corrected chi connectivity index (χ4v) is 2.36. The third kappa shape index (κ3) is 3.53. The maximum absolute atomic E-state index is 5.68. The molecule has 5 nitrogen and oxygen atoms in total. The minimum Gasteiger partial charge on any atom is -0.489 e. The van der Waals surface area contributed by atoms with Crippen molar-refractivity contribution < 1.29 is 4.74 Å². The molecule has 106 valence electrons. The fourth-order valence-electron chi connectivity index (χ4n) is 1.87. The van der Waals surface area contributed by atoms with Crippen LogP contribution in [0.15, 0.2) is 41.3 Å². The summed E-state index contributed by atoms with van der Waals surface area (Å²) in [6, 6.07) is 5.44. The first-order valence-corrected chi connectivity index (χ1v) is 7.09. The number of ether oxygens (including phenoxy) is 1. The van der Waals surface area contributed by atoms with Crippen LogP contribution in [0, 0.1) is 0 Å². The smallest absolute Gasteiger partial charge is 0.138 e. The second kappa shape index (κ2) is 6.78. The van der Waals surface area contributed by atoms with E-state index in [4.69, 9.17) is 10.6 Å². The Labute approximate surface area is 126 Å². The van der Waals surface area contributed by atoms with Gasteiger partial charge in [-0.2, -0.15) is 0 Å². The second-order valence-corrected chi connectivity index (χ2v) is 5.45. The summed E-state index contributed by atoms with van der Waals surface area (Å²) in [5.74, 6) is 6.39. The molecular formula is C14H17BrN4O. The molecule has 0 bridgehead atoms. The molecule has 0 amide bonds. The molecule has 0 aliphatic carbocycles. The summed E-state index contributed by atoms with van der Waals surface area (Å²) in [4.78, 5) is 8.56. The van der Waals surface area contributed by atoms with Crippen LogP contribution < -0.4 is 16.0 Å². The summed E-state index contributed by atoms with van der Waals surface area (Å²) in [5, 5.41) is 0. The molecule has 2 aromatic rings. The Morgan fingerprint density at radius 1 is 1.35 bits per heavy atom. The molecule has 0 aliphatic heterocycles. The Kier molecular flexibility index (Phi) is 5.05. The van der Waals surface area contributed by atoms with Crippen LogP contribution in [0.2, 0.25) is 0 Å². The number of hydrogen-bond acceptors (Lipinski definition) is 5. The summed E-state index contributed by atoms with van der Waals surface area (Å²) in [7, 11) is 0. The number of hydrogen-bond donors (Lipinski definition) is 2. The molecule has 0 radical (unpaired) electrons. The molecule has 0 fully saturated rings. The topological polar surface area (TPSA) is 73.1 Å². The van der Waals surface area contributed by atoms with Gasteiger partial charge in [-0.25, -0.2) is 5.43 Å². The standard InChI is InChI=1S/C14H17BrN4O/c1-9(2)20-11-6-10(7-17-8-11)13(19-16)14-12(15)4-3-5-18-14/h3-9,13,19H,16H2,1-2H3. The highest BCUT2D eigenvalue weighted by Crippen LogP contribution is 2.27. The number of nitrogens with zero attached hydrogens (tertiary/aromatic N) is 2. The molecule has 0 spiro atoms. The van der Waals surface area contributed by atoms with Crippen LogP contribution in [0.3, 0.4) is 0 Å². The van der Waals surface area contributed by atoms with Gasteiger partial charge in [0, 0.05) is 16.9 Å². The van der Waals surface area contributed by atoms with Gasteiger partial charge in [0.25, 0.3) is 0 Å². The summed E-state index contributed by atoms with van der Waals surface area (Å²) in [5.41, 5.74) is 4.47. The van der Waals surface area contributed by atoms with Crippen LogP contribution in [0.1, 0.15) is 31.1 Å². The lowest BCUT2D eigenvalue weighted by Crippen LogP contribution is -2.30. The molecule has 2 aromatic heterocycles. The predicted octanol–water partition coefficient (Wildman–Crippen LogP) is 2.58. The lowest BCUT2D eigenvalue weighted by atomic mass is 10.1. The Morgan fingerprint density at radius 3 is 2.80 bits per heavy atom. The highest BCUT2D eigenvalue weighted by molar-refractivity contribution is 9.10. The van der Waals surface area contributed by atoms with Crippen molar-refractivity contribution in [3.05, 3.63) is 52.5 Å². The van der Waals surface area contributed by atoms with E-state index in [0.717, 1.165) is 15.7 Å². The van der Waals surface area contributed by atoms with E-state index in [2.05, 4.69) is 31.3 Å². The van der Waals surface area contributed by atoms with Gasteiger partial charge >= 0.3 is 0 Å². The van der Waals surface area contributed by atoms with Gasteiger partial charge in [-0.1, -0.05) is 0 Å². The Hall–Kier alpha value is -1.50. The van der Waals surface area contributed by atoms with Gasteiger partial charge < -0.3 is 4.74 Å². The van der Waals surface area contributed by atoms with Crippen LogP contribution in [-0.4, -0.2) is 16.1 Å². The number of halogens is 1. The minimum absolute atomic E-state index is 0.0953. The van der Waals surface area contributed by atoms with Gasteiger partial charge in [-0.15, -0.1) is 0 Å². The van der Waals surface area contributed by atoms with Gasteiger partial charge in [-0.3, -0.25) is 15.8 Å². The number of nitrogens with two attached hydrogens (primary N) is 1. The van der Waals surface area contributed by atoms with Crippen molar-refractivity contribution in [3.63, 3.8) is 0 Å². The van der Waals surface area contributed by atoms with E-state index in [-0.39, 0.29) is 12.1 Å². The van der Waals surface area contributed by atoms with Gasteiger partial charge in [0.15, 0.2) is 0 Å². The van der Waals surface area contributed by atoms with Crippen LogP contribution in [0.4, 0.5) is 0 Å². The Morgan fingerprint density at radius 2 is 2.15 bits per heavy atom. The van der Waals surface area contributed by atoms with Crippen molar-refractivity contribution in [2.45, 2.75) is 26.0 Å². The van der Waals surface area contributed by atoms with E-state index >= 15 is 0 Å². The maximum atomic E-state index is 5.68. The molecule has 2 heterocycles. The van der Waals surface area contributed by atoms with Gasteiger partial charge in [-0.05, 0) is 53.5 Å². The van der Waals surface area contributed by atoms with E-state index in [1.54, 1.807) is 18.6 Å². The predicted molar refractivity (Wildman–Crippen MR) is 81.1 cm³/mol. The average molecular weight is 337 g/mol. The molecule has 0 saturated carbocycles. The quantitative estimate of drug-likeness (QED) is 0.648. The van der Waals surface area contributed by atoms with E-state index in [0.29, 0.717) is 5.75 Å². The SMILES string of the molecule is CC(C)Oc1cncc(C(NN)c2ncccc2Br)c1. The summed E-state index contributed by atoms with van der Waals surface area (Å²) in [6.45, 7) is 3.95. The van der Waals surface area contributed by atoms with Gasteiger partial charge in [0.1, 0.15) is 5.75 Å². The van der Waals surface area contributed by atoms with E-state index in [1.165, 1.54) is 0 Å². The molecule has 6 heteroatoms. The van der Waals surface area contributed by atoms with Crippen molar-refractivity contribution in [1.29, 1.82) is 0 Å². The zero-order chi connectivity index (χ0) is 14.5. The summed E-state index contributed by atoms with van der Waals surface area (Å²) < 4.78 is 6.54. The van der Waals surface area contributed by atoms with Crippen LogP contribution in [-0.2, 0) is 0 Å². The van der Waals surface area contributed by atoms with Crippen molar-refractivity contribution in [2.24, 2.45) is 5.84 Å². The first-order chi connectivity index (χ1) is 9.61. The molecule has 0 saturated heterocycles. The van der Waals surface area contributed by atoms with Crippen LogP contribution in [0.5, 0.6) is 5.75 Å². The molecule has 1 unspecified atom stereocenters. The summed E-state index contributed by atoms with van der Waals surface area (Å²) >= 11 is 3.48. The van der Waals surface area contributed by atoms with E-state index in [9.17, 15) is 0 Å². The molecule has 1 atom stereocenters. The highest BCUT2D eigenvalue weighted by atomic mass is 79.9. The second-order valence-electron chi connectivity index (χ2n) is 4.59. The molecule has 0 aliphatic rings. The van der Waals surface area contributed by atoms with Crippen molar-refractivity contribution >= 4 is 15.9 Å². The molecule has 20 heavy (non-hydrogen) atoms. The number of aromatic nitrogens is 2. The third-order valence-corrected chi connectivity index (χ3v) is 3.34. The fraction of sp³-hybridized carbons (Fsp3) is 0.286. The number of hydrazine groups is 1. The third-order valence-electron chi connectivity index (χ3n) is 2.67. The average Bonchev–Trinajstić information content (AvgIpc) is 2.41. The minimum atomic E-state index is -0.256. The van der Waals surface area contributed by atoms with Crippen molar-refractivity contribution in [1.82, 2.24) is 15.4 Å². The Bertz CT molecular complexity index is 577. The number of rotatable bonds is 5. The van der Waals surface area contributed by atoms with Gasteiger partial charge in [0.2, 0.25) is 0 Å². The normalized spacial score (nSPS) is 12.4. The van der Waals surface area contributed by atoms with Crippen LogP contribution in [0.25, 0.3) is 0 Å². The zero-order valence-electron chi connectivity index (χ0n) is 11.4. The van der Waals surface area contributed by atoms with Crippen molar-refractivity contribution in [2.75, 3.05) is 0 Å². The van der Waals surface area contributed by atoms with Gasteiger partial charge in [0.05, 0.1) is 24.0 Å². The van der Waals surface area contributed by atoms with Crippen molar-refractivity contribution in [3.8, 4) is 5.75 Å². The van der Waals surface area contributed by atoms with Crippen LogP contribution >= 0.6 is 15.9 Å². The maximum Gasteiger partial charge on any atom is 0.138 e. The highest BCUT2D eigenvalue weighted by Gasteiger charge is 2.17. The molecule has 0 aromatic carbocycles. The molecule has 3 N–H and O–H groups in total. The monoisotopic (exact) mass is 336 g/mol. The lowest BCUT2D eigenvalue weighted by molar-refractivity contribution is 0.241. The molecular weight excluding hydrogens is 320 g/mol. The molecule has 2 rings (SSSR count). The van der Waals surface area contributed by atoms with E-state index in [1.807, 2.05) is 32.0 Å². The Balaban J connectivity index is 2.35. The zero-order valence-corrected chi connectivity index (χ0v) is 13.0. The van der Waals surface area contributed by atoms with E-state index < -0.39 is 0 Å². The first-order valence-electron chi connectivity index (χ1n) is 6.30.